The Bertz CT molecular complexity index is 904. The summed E-state index contributed by atoms with van der Waals surface area (Å²) >= 11 is 7.32. The van der Waals surface area contributed by atoms with Gasteiger partial charge in [0.25, 0.3) is 5.91 Å². The predicted octanol–water partition coefficient (Wildman–Crippen LogP) is 4.77. The quantitative estimate of drug-likeness (QED) is 0.719. The molecule has 1 heterocycles. The van der Waals surface area contributed by atoms with Crippen molar-refractivity contribution in [3.05, 3.63) is 59.1 Å². The van der Waals surface area contributed by atoms with Crippen molar-refractivity contribution in [3.8, 4) is 0 Å². The van der Waals surface area contributed by atoms with E-state index in [2.05, 4.69) is 10.6 Å². The Balaban J connectivity index is 2.02. The van der Waals surface area contributed by atoms with Crippen LogP contribution in [0.4, 0.5) is 10.7 Å². The van der Waals surface area contributed by atoms with E-state index in [-0.39, 0.29) is 11.8 Å². The second kappa shape index (κ2) is 6.40. The minimum absolute atomic E-state index is 0.214. The average molecular weight is 345 g/mol. The summed E-state index contributed by atoms with van der Waals surface area (Å²) in [5.41, 5.74) is 1.06. The molecule has 0 bridgehead atoms. The number of anilines is 2. The number of benzene rings is 2. The van der Waals surface area contributed by atoms with E-state index in [1.54, 1.807) is 24.3 Å². The van der Waals surface area contributed by atoms with E-state index < -0.39 is 0 Å². The van der Waals surface area contributed by atoms with E-state index >= 15 is 0 Å². The Morgan fingerprint density at radius 1 is 1.04 bits per heavy atom. The number of nitrogens with one attached hydrogen (secondary N) is 2. The zero-order valence-electron chi connectivity index (χ0n) is 12.2. The van der Waals surface area contributed by atoms with Crippen molar-refractivity contribution < 1.29 is 9.59 Å². The fourth-order valence-electron chi connectivity index (χ4n) is 2.28. The first-order valence-electron chi connectivity index (χ1n) is 6.90. The lowest BCUT2D eigenvalue weighted by molar-refractivity contribution is -0.114. The van der Waals surface area contributed by atoms with Gasteiger partial charge in [-0.3, -0.25) is 9.59 Å². The minimum Gasteiger partial charge on any atom is -0.322 e. The number of hydrogen-bond donors (Lipinski definition) is 2. The molecule has 2 N–H and O–H groups in total. The maximum atomic E-state index is 12.7. The SMILES string of the molecule is CC(=O)Nc1sc2ccccc2c1C(=O)Nc1cccc(Cl)c1. The zero-order chi connectivity index (χ0) is 16.4. The number of amides is 2. The molecule has 23 heavy (non-hydrogen) atoms. The van der Waals surface area contributed by atoms with Crippen LogP contribution in [0.3, 0.4) is 0 Å². The fraction of sp³-hybridized carbons (Fsp3) is 0.0588. The van der Waals surface area contributed by atoms with Gasteiger partial charge in [0.05, 0.1) is 5.56 Å². The Labute approximate surface area is 142 Å². The summed E-state index contributed by atoms with van der Waals surface area (Å²) in [5, 5.41) is 7.44. The van der Waals surface area contributed by atoms with Crippen molar-refractivity contribution in [2.24, 2.45) is 0 Å². The summed E-state index contributed by atoms with van der Waals surface area (Å²) in [6, 6.07) is 14.5. The van der Waals surface area contributed by atoms with Gasteiger partial charge in [-0.05, 0) is 24.3 Å². The Morgan fingerprint density at radius 2 is 1.83 bits per heavy atom. The number of rotatable bonds is 3. The first-order chi connectivity index (χ1) is 11.0. The highest BCUT2D eigenvalue weighted by atomic mass is 35.5. The summed E-state index contributed by atoms with van der Waals surface area (Å²) in [5.74, 6) is -0.498. The van der Waals surface area contributed by atoms with Gasteiger partial charge in [-0.1, -0.05) is 35.9 Å². The Hall–Kier alpha value is -2.37. The molecule has 6 heteroatoms. The summed E-state index contributed by atoms with van der Waals surface area (Å²) in [7, 11) is 0. The number of thiophene rings is 1. The Morgan fingerprint density at radius 3 is 2.57 bits per heavy atom. The van der Waals surface area contributed by atoms with Gasteiger partial charge < -0.3 is 10.6 Å². The maximum absolute atomic E-state index is 12.7. The maximum Gasteiger partial charge on any atom is 0.259 e. The van der Waals surface area contributed by atoms with Gasteiger partial charge in [-0.25, -0.2) is 0 Å². The standard InChI is InChI=1S/C17H13ClN2O2S/c1-10(21)19-17-15(13-7-2-3-8-14(13)23-17)16(22)20-12-6-4-5-11(18)9-12/h2-9H,1H3,(H,19,21)(H,20,22). The lowest BCUT2D eigenvalue weighted by Gasteiger charge is -2.07. The van der Waals surface area contributed by atoms with E-state index in [4.69, 9.17) is 11.6 Å². The van der Waals surface area contributed by atoms with Gasteiger partial charge in [0.15, 0.2) is 0 Å². The monoisotopic (exact) mass is 344 g/mol. The van der Waals surface area contributed by atoms with Crippen LogP contribution < -0.4 is 10.6 Å². The summed E-state index contributed by atoms with van der Waals surface area (Å²) in [4.78, 5) is 24.1. The predicted molar refractivity (Wildman–Crippen MR) is 95.5 cm³/mol. The van der Waals surface area contributed by atoms with Crippen LogP contribution in [-0.2, 0) is 4.79 Å². The normalized spacial score (nSPS) is 10.5. The van der Waals surface area contributed by atoms with E-state index in [1.165, 1.54) is 18.3 Å². The average Bonchev–Trinajstić information content (AvgIpc) is 2.84. The first kappa shape index (κ1) is 15.5. The molecule has 0 fully saturated rings. The highest BCUT2D eigenvalue weighted by Crippen LogP contribution is 2.36. The van der Waals surface area contributed by atoms with Crippen molar-refractivity contribution in [1.82, 2.24) is 0 Å². The molecule has 2 amide bonds. The van der Waals surface area contributed by atoms with Crippen molar-refractivity contribution in [1.29, 1.82) is 0 Å². The molecule has 3 aromatic rings. The van der Waals surface area contributed by atoms with Crippen LogP contribution in [0.2, 0.25) is 5.02 Å². The number of halogens is 1. The summed E-state index contributed by atoms with van der Waals surface area (Å²) in [6.07, 6.45) is 0. The molecule has 0 saturated carbocycles. The van der Waals surface area contributed by atoms with Gasteiger partial charge in [0.2, 0.25) is 5.91 Å². The molecule has 1 aromatic heterocycles. The number of carbonyl (C=O) groups is 2. The lowest BCUT2D eigenvalue weighted by atomic mass is 10.1. The van der Waals surface area contributed by atoms with Crippen LogP contribution in [0.15, 0.2) is 48.5 Å². The third-order valence-electron chi connectivity index (χ3n) is 3.19. The van der Waals surface area contributed by atoms with Gasteiger partial charge in [0.1, 0.15) is 5.00 Å². The molecule has 0 aliphatic carbocycles. The molecule has 0 aliphatic heterocycles. The number of carbonyl (C=O) groups excluding carboxylic acids is 2. The van der Waals surface area contributed by atoms with Crippen LogP contribution in [0, 0.1) is 0 Å². The largest absolute Gasteiger partial charge is 0.322 e. The molecule has 0 saturated heterocycles. The van der Waals surface area contributed by atoms with Crippen molar-refractivity contribution in [2.45, 2.75) is 6.92 Å². The van der Waals surface area contributed by atoms with Gasteiger partial charge >= 0.3 is 0 Å². The van der Waals surface area contributed by atoms with Gasteiger partial charge in [0, 0.05) is 27.7 Å². The molecular formula is C17H13ClN2O2S. The third-order valence-corrected chi connectivity index (χ3v) is 4.52. The molecule has 0 atom stereocenters. The molecule has 3 rings (SSSR count). The molecular weight excluding hydrogens is 332 g/mol. The molecule has 4 nitrogen and oxygen atoms in total. The fourth-order valence-corrected chi connectivity index (χ4v) is 3.61. The molecule has 0 unspecified atom stereocenters. The molecule has 116 valence electrons. The van der Waals surface area contributed by atoms with E-state index in [9.17, 15) is 9.59 Å². The van der Waals surface area contributed by atoms with Crippen LogP contribution in [0.1, 0.15) is 17.3 Å². The van der Waals surface area contributed by atoms with Crippen molar-refractivity contribution in [2.75, 3.05) is 10.6 Å². The van der Waals surface area contributed by atoms with Gasteiger partial charge in [-0.2, -0.15) is 0 Å². The number of hydrogen-bond acceptors (Lipinski definition) is 3. The molecule has 0 radical (unpaired) electrons. The topological polar surface area (TPSA) is 58.2 Å². The zero-order valence-corrected chi connectivity index (χ0v) is 13.8. The van der Waals surface area contributed by atoms with E-state index in [0.717, 1.165) is 10.1 Å². The smallest absolute Gasteiger partial charge is 0.259 e. The lowest BCUT2D eigenvalue weighted by Crippen LogP contribution is -2.15. The van der Waals surface area contributed by atoms with Crippen LogP contribution in [0.25, 0.3) is 10.1 Å². The van der Waals surface area contributed by atoms with Crippen molar-refractivity contribution >= 4 is 55.5 Å². The van der Waals surface area contributed by atoms with Crippen LogP contribution in [0.5, 0.6) is 0 Å². The highest BCUT2D eigenvalue weighted by Gasteiger charge is 2.19. The highest BCUT2D eigenvalue weighted by molar-refractivity contribution is 7.23. The minimum atomic E-state index is -0.284. The second-order valence-electron chi connectivity index (χ2n) is 4.95. The summed E-state index contributed by atoms with van der Waals surface area (Å²) in [6.45, 7) is 1.42. The molecule has 0 spiro atoms. The first-order valence-corrected chi connectivity index (χ1v) is 8.10. The second-order valence-corrected chi connectivity index (χ2v) is 6.44. The Kier molecular flexibility index (Phi) is 4.32. The van der Waals surface area contributed by atoms with Crippen LogP contribution >= 0.6 is 22.9 Å². The van der Waals surface area contributed by atoms with E-state index in [0.29, 0.717) is 21.3 Å². The van der Waals surface area contributed by atoms with Crippen molar-refractivity contribution in [3.63, 3.8) is 0 Å². The van der Waals surface area contributed by atoms with E-state index in [1.807, 2.05) is 24.3 Å². The summed E-state index contributed by atoms with van der Waals surface area (Å²) < 4.78 is 0.937. The molecule has 0 aliphatic rings. The van der Waals surface area contributed by atoms with Gasteiger partial charge in [-0.15, -0.1) is 11.3 Å². The molecule has 2 aromatic carbocycles. The van der Waals surface area contributed by atoms with Crippen LogP contribution in [-0.4, -0.2) is 11.8 Å². The number of fused-ring (bicyclic) bond motifs is 1. The third kappa shape index (κ3) is 3.36.